The topological polar surface area (TPSA) is 128 Å². The van der Waals surface area contributed by atoms with E-state index in [1.807, 2.05) is 19.1 Å². The first kappa shape index (κ1) is 28.6. The molecule has 9 heteroatoms. The molecule has 36 heavy (non-hydrogen) atoms. The van der Waals surface area contributed by atoms with E-state index in [2.05, 4.69) is 10.6 Å². The summed E-state index contributed by atoms with van der Waals surface area (Å²) in [5.41, 5.74) is 0.975. The third kappa shape index (κ3) is 7.98. The zero-order valence-electron chi connectivity index (χ0n) is 21.7. The zero-order chi connectivity index (χ0) is 27.0. The van der Waals surface area contributed by atoms with Gasteiger partial charge >= 0.3 is 6.09 Å². The summed E-state index contributed by atoms with van der Waals surface area (Å²) in [7, 11) is 0. The summed E-state index contributed by atoms with van der Waals surface area (Å²) >= 11 is 0. The molecular formula is C27H37N3O6. The number of hydrogen-bond acceptors (Lipinski definition) is 6. The molecule has 9 nitrogen and oxygen atoms in total. The van der Waals surface area contributed by atoms with Crippen LogP contribution in [0.25, 0.3) is 0 Å². The molecule has 2 aromatic rings. The number of benzene rings is 2. The van der Waals surface area contributed by atoms with Gasteiger partial charge in [-0.05, 0) is 62.9 Å². The molecule has 0 aromatic heterocycles. The molecule has 4 N–H and O–H groups in total. The molecule has 0 bridgehead atoms. The number of aliphatic hydroxyl groups excluding tert-OH is 1. The molecule has 2 atom stereocenters. The number of aliphatic hydroxyl groups is 1. The number of rotatable bonds is 9. The SMILES string of the molecule is Cc1ccccc1NC(=O)C(c1cccc(O)c1)N(CCO)C(=O)C(NC(=O)OC(C)(C)C)C(C)C. The Morgan fingerprint density at radius 2 is 1.72 bits per heavy atom. The van der Waals surface area contributed by atoms with Gasteiger partial charge in [0, 0.05) is 12.2 Å². The molecule has 2 aromatic carbocycles. The van der Waals surface area contributed by atoms with Gasteiger partial charge in [0.15, 0.2) is 0 Å². The summed E-state index contributed by atoms with van der Waals surface area (Å²) < 4.78 is 5.33. The lowest BCUT2D eigenvalue weighted by atomic mass is 9.98. The quantitative estimate of drug-likeness (QED) is 0.416. The minimum Gasteiger partial charge on any atom is -0.508 e. The molecule has 2 rings (SSSR count). The monoisotopic (exact) mass is 499 g/mol. The van der Waals surface area contributed by atoms with E-state index in [1.165, 1.54) is 17.0 Å². The highest BCUT2D eigenvalue weighted by molar-refractivity contribution is 5.99. The van der Waals surface area contributed by atoms with E-state index in [1.54, 1.807) is 58.9 Å². The standard InChI is InChI=1S/C27H37N3O6/c1-17(2)22(29-26(35)36-27(4,5)6)25(34)30(14-15-31)23(19-11-9-12-20(32)16-19)24(33)28-21-13-8-7-10-18(21)3/h7-13,16-17,22-23,31-32H,14-15H2,1-6H3,(H,28,33)(H,29,35). The zero-order valence-corrected chi connectivity index (χ0v) is 21.7. The Labute approximate surface area is 212 Å². The molecule has 0 aliphatic carbocycles. The summed E-state index contributed by atoms with van der Waals surface area (Å²) in [4.78, 5) is 41.1. The number of hydrogen-bond donors (Lipinski definition) is 4. The van der Waals surface area contributed by atoms with E-state index in [4.69, 9.17) is 4.74 Å². The molecule has 3 amide bonds. The number of phenols is 1. The van der Waals surface area contributed by atoms with Crippen LogP contribution in [0.15, 0.2) is 48.5 Å². The number of anilines is 1. The average Bonchev–Trinajstić information content (AvgIpc) is 2.77. The summed E-state index contributed by atoms with van der Waals surface area (Å²) in [6, 6.07) is 11.0. The van der Waals surface area contributed by atoms with Gasteiger partial charge in [0.2, 0.25) is 5.91 Å². The first-order valence-corrected chi connectivity index (χ1v) is 11.9. The van der Waals surface area contributed by atoms with Gasteiger partial charge in [0.25, 0.3) is 5.91 Å². The number of carbonyl (C=O) groups is 3. The summed E-state index contributed by atoms with van der Waals surface area (Å²) in [6.45, 7) is 9.90. The second kappa shape index (κ2) is 12.4. The van der Waals surface area contributed by atoms with Crippen molar-refractivity contribution in [3.63, 3.8) is 0 Å². The number of amides is 3. The van der Waals surface area contributed by atoms with Crippen molar-refractivity contribution in [1.82, 2.24) is 10.2 Å². The maximum Gasteiger partial charge on any atom is 0.408 e. The van der Waals surface area contributed by atoms with E-state index in [9.17, 15) is 24.6 Å². The fourth-order valence-electron chi connectivity index (χ4n) is 3.68. The van der Waals surface area contributed by atoms with E-state index >= 15 is 0 Å². The summed E-state index contributed by atoms with van der Waals surface area (Å²) in [5, 5.41) is 25.4. The third-order valence-corrected chi connectivity index (χ3v) is 5.38. The van der Waals surface area contributed by atoms with Crippen molar-refractivity contribution in [3.8, 4) is 5.75 Å². The Morgan fingerprint density at radius 3 is 2.28 bits per heavy atom. The molecule has 0 saturated carbocycles. The summed E-state index contributed by atoms with van der Waals surface area (Å²) in [6.07, 6.45) is -0.767. The van der Waals surface area contributed by atoms with Gasteiger partial charge < -0.3 is 30.5 Å². The van der Waals surface area contributed by atoms with Crippen LogP contribution in [-0.2, 0) is 14.3 Å². The van der Waals surface area contributed by atoms with Crippen molar-refractivity contribution in [1.29, 1.82) is 0 Å². The molecule has 0 radical (unpaired) electrons. The normalized spacial score (nSPS) is 13.0. The lowest BCUT2D eigenvalue weighted by Gasteiger charge is -2.35. The highest BCUT2D eigenvalue weighted by atomic mass is 16.6. The third-order valence-electron chi connectivity index (χ3n) is 5.38. The highest BCUT2D eigenvalue weighted by Crippen LogP contribution is 2.28. The number of ether oxygens (including phenoxy) is 1. The highest BCUT2D eigenvalue weighted by Gasteiger charge is 2.37. The second-order valence-corrected chi connectivity index (χ2v) is 9.92. The van der Waals surface area contributed by atoms with Crippen LogP contribution in [0.1, 0.15) is 51.8 Å². The van der Waals surface area contributed by atoms with Gasteiger partial charge in [0.05, 0.1) is 6.61 Å². The van der Waals surface area contributed by atoms with Gasteiger partial charge in [-0.3, -0.25) is 9.59 Å². The fourth-order valence-corrected chi connectivity index (χ4v) is 3.68. The Morgan fingerprint density at radius 1 is 1.06 bits per heavy atom. The molecule has 0 fully saturated rings. The number of alkyl carbamates (subject to hydrolysis) is 1. The number of aromatic hydroxyl groups is 1. The van der Waals surface area contributed by atoms with Crippen LogP contribution in [0.2, 0.25) is 0 Å². The minimum absolute atomic E-state index is 0.0788. The largest absolute Gasteiger partial charge is 0.508 e. The van der Waals surface area contributed by atoms with Crippen molar-refractivity contribution in [3.05, 3.63) is 59.7 Å². The molecule has 0 aliphatic heterocycles. The van der Waals surface area contributed by atoms with Gasteiger partial charge in [-0.2, -0.15) is 0 Å². The molecule has 2 unspecified atom stereocenters. The molecule has 0 aliphatic rings. The van der Waals surface area contributed by atoms with Gasteiger partial charge in [-0.1, -0.05) is 44.2 Å². The Bertz CT molecular complexity index is 1060. The van der Waals surface area contributed by atoms with Gasteiger partial charge in [-0.25, -0.2) is 4.79 Å². The van der Waals surface area contributed by atoms with Crippen LogP contribution in [-0.4, -0.2) is 57.8 Å². The molecular weight excluding hydrogens is 462 g/mol. The van der Waals surface area contributed by atoms with E-state index < -0.39 is 42.2 Å². The maximum absolute atomic E-state index is 13.8. The van der Waals surface area contributed by atoms with Crippen molar-refractivity contribution in [2.75, 3.05) is 18.5 Å². The van der Waals surface area contributed by atoms with Crippen LogP contribution in [0.3, 0.4) is 0 Å². The molecule has 0 heterocycles. The predicted octanol–water partition coefficient (Wildman–Crippen LogP) is 3.75. The van der Waals surface area contributed by atoms with Crippen molar-refractivity contribution in [2.24, 2.45) is 5.92 Å². The van der Waals surface area contributed by atoms with E-state index in [-0.39, 0.29) is 18.2 Å². The lowest BCUT2D eigenvalue weighted by molar-refractivity contribution is -0.142. The molecule has 196 valence electrons. The number of nitrogens with zero attached hydrogens (tertiary/aromatic N) is 1. The maximum atomic E-state index is 13.8. The Balaban J connectivity index is 2.49. The summed E-state index contributed by atoms with van der Waals surface area (Å²) in [5.74, 6) is -1.53. The first-order valence-electron chi connectivity index (χ1n) is 11.9. The van der Waals surface area contributed by atoms with Gasteiger partial charge in [0.1, 0.15) is 23.4 Å². The van der Waals surface area contributed by atoms with E-state index in [0.29, 0.717) is 11.3 Å². The molecule has 0 saturated heterocycles. The fraction of sp³-hybridized carbons (Fsp3) is 0.444. The van der Waals surface area contributed by atoms with Crippen molar-refractivity contribution < 1.29 is 29.3 Å². The van der Waals surface area contributed by atoms with E-state index in [0.717, 1.165) is 5.56 Å². The number of para-hydroxylation sites is 1. The Hall–Kier alpha value is -3.59. The first-order chi connectivity index (χ1) is 16.8. The minimum atomic E-state index is -1.20. The second-order valence-electron chi connectivity index (χ2n) is 9.92. The number of phenolic OH excluding ortho intramolecular Hbond substituents is 1. The number of aryl methyl sites for hydroxylation is 1. The average molecular weight is 500 g/mol. The molecule has 0 spiro atoms. The predicted molar refractivity (Wildman–Crippen MR) is 137 cm³/mol. The lowest BCUT2D eigenvalue weighted by Crippen LogP contribution is -2.55. The van der Waals surface area contributed by atoms with Gasteiger partial charge in [-0.15, -0.1) is 0 Å². The van der Waals surface area contributed by atoms with Crippen LogP contribution in [0, 0.1) is 12.8 Å². The Kier molecular flexibility index (Phi) is 9.86. The van der Waals surface area contributed by atoms with Crippen LogP contribution in [0.4, 0.5) is 10.5 Å². The smallest absolute Gasteiger partial charge is 0.408 e. The van der Waals surface area contributed by atoms with Crippen molar-refractivity contribution in [2.45, 2.75) is 59.2 Å². The number of carbonyl (C=O) groups excluding carboxylic acids is 3. The van der Waals surface area contributed by atoms with Crippen LogP contribution < -0.4 is 10.6 Å². The van der Waals surface area contributed by atoms with Crippen molar-refractivity contribution >= 4 is 23.6 Å². The van der Waals surface area contributed by atoms with Crippen LogP contribution in [0.5, 0.6) is 5.75 Å². The number of nitrogens with one attached hydrogen (secondary N) is 2. The van der Waals surface area contributed by atoms with Crippen LogP contribution >= 0.6 is 0 Å².